The van der Waals surface area contributed by atoms with E-state index in [2.05, 4.69) is 21.3 Å². The SMILES string of the molecule is C1C[N-]CCNCCCNCCNC1. The molecule has 0 aromatic heterocycles. The molecule has 84 valence electrons. The monoisotopic (exact) mass is 199 g/mol. The molecule has 0 aromatic carbocycles. The first-order chi connectivity index (χ1) is 7.00. The minimum atomic E-state index is 0.966. The predicted molar refractivity (Wildman–Crippen MR) is 60.9 cm³/mol. The zero-order valence-electron chi connectivity index (χ0n) is 9.02. The summed E-state index contributed by atoms with van der Waals surface area (Å²) in [4.78, 5) is 0. The van der Waals surface area contributed by atoms with Crippen LogP contribution in [0.15, 0.2) is 0 Å². The van der Waals surface area contributed by atoms with Gasteiger partial charge >= 0.3 is 0 Å². The molecule has 0 aliphatic carbocycles. The van der Waals surface area contributed by atoms with Gasteiger partial charge in [0.1, 0.15) is 0 Å². The average Bonchev–Trinajstić information content (AvgIpc) is 2.22. The van der Waals surface area contributed by atoms with E-state index in [0.29, 0.717) is 0 Å². The molecule has 1 fully saturated rings. The first-order valence-corrected chi connectivity index (χ1v) is 5.75. The van der Waals surface area contributed by atoms with E-state index in [1.807, 2.05) is 0 Å². The second-order valence-corrected chi connectivity index (χ2v) is 3.63. The van der Waals surface area contributed by atoms with Crippen LogP contribution in [0, 0.1) is 0 Å². The van der Waals surface area contributed by atoms with Crippen molar-refractivity contribution in [1.82, 2.24) is 16.0 Å². The van der Waals surface area contributed by atoms with Crippen molar-refractivity contribution < 1.29 is 0 Å². The molecule has 1 aliphatic rings. The van der Waals surface area contributed by atoms with E-state index in [1.165, 1.54) is 12.8 Å². The maximum absolute atomic E-state index is 4.44. The van der Waals surface area contributed by atoms with Crippen molar-refractivity contribution in [2.75, 3.05) is 52.4 Å². The van der Waals surface area contributed by atoms with Gasteiger partial charge in [-0.05, 0) is 32.6 Å². The highest BCUT2D eigenvalue weighted by atomic mass is 15.0. The summed E-state index contributed by atoms with van der Waals surface area (Å²) in [5.74, 6) is 0. The highest BCUT2D eigenvalue weighted by Crippen LogP contribution is 1.88. The summed E-state index contributed by atoms with van der Waals surface area (Å²) < 4.78 is 0. The van der Waals surface area contributed by atoms with Crippen LogP contribution in [0.3, 0.4) is 0 Å². The van der Waals surface area contributed by atoms with E-state index in [0.717, 1.165) is 52.4 Å². The van der Waals surface area contributed by atoms with Gasteiger partial charge in [-0.15, -0.1) is 13.1 Å². The molecule has 4 nitrogen and oxygen atoms in total. The lowest BCUT2D eigenvalue weighted by Gasteiger charge is -2.19. The summed E-state index contributed by atoms with van der Waals surface area (Å²) in [7, 11) is 0. The molecule has 1 rings (SSSR count). The molecular formula is C10H23N4-. The van der Waals surface area contributed by atoms with Crippen LogP contribution in [0.5, 0.6) is 0 Å². The van der Waals surface area contributed by atoms with Crippen molar-refractivity contribution in [1.29, 1.82) is 0 Å². The number of rotatable bonds is 0. The van der Waals surface area contributed by atoms with Crippen LogP contribution in [0.4, 0.5) is 0 Å². The highest BCUT2D eigenvalue weighted by molar-refractivity contribution is 4.80. The molecule has 14 heavy (non-hydrogen) atoms. The Morgan fingerprint density at radius 2 is 1.21 bits per heavy atom. The van der Waals surface area contributed by atoms with Crippen molar-refractivity contribution in [3.05, 3.63) is 5.32 Å². The average molecular weight is 199 g/mol. The summed E-state index contributed by atoms with van der Waals surface area (Å²) in [5.41, 5.74) is 0. The van der Waals surface area contributed by atoms with E-state index in [9.17, 15) is 0 Å². The third-order valence-corrected chi connectivity index (χ3v) is 2.30. The summed E-state index contributed by atoms with van der Waals surface area (Å²) in [6, 6.07) is 0. The van der Waals surface area contributed by atoms with Gasteiger partial charge in [-0.1, -0.05) is 6.42 Å². The molecule has 0 saturated carbocycles. The molecule has 3 N–H and O–H groups in total. The Bertz CT molecular complexity index is 65.4. The van der Waals surface area contributed by atoms with Crippen LogP contribution >= 0.6 is 0 Å². The van der Waals surface area contributed by atoms with E-state index < -0.39 is 0 Å². The topological polar surface area (TPSA) is 50.2 Å². The maximum atomic E-state index is 4.44. The minimum Gasteiger partial charge on any atom is -0.661 e. The van der Waals surface area contributed by atoms with Gasteiger partial charge in [0.05, 0.1) is 0 Å². The Morgan fingerprint density at radius 1 is 0.571 bits per heavy atom. The molecule has 0 bridgehead atoms. The largest absolute Gasteiger partial charge is 0.661 e. The van der Waals surface area contributed by atoms with Gasteiger partial charge < -0.3 is 21.3 Å². The second-order valence-electron chi connectivity index (χ2n) is 3.63. The van der Waals surface area contributed by atoms with Gasteiger partial charge in [-0.2, -0.15) is 0 Å². The molecule has 0 unspecified atom stereocenters. The molecule has 1 aliphatic heterocycles. The van der Waals surface area contributed by atoms with Crippen LogP contribution in [0.25, 0.3) is 5.32 Å². The lowest BCUT2D eigenvalue weighted by Crippen LogP contribution is -2.31. The third kappa shape index (κ3) is 7.26. The van der Waals surface area contributed by atoms with Crippen molar-refractivity contribution in [3.63, 3.8) is 0 Å². The Labute approximate surface area is 87.2 Å². The predicted octanol–water partition coefficient (Wildman–Crippen LogP) is -0.0773. The van der Waals surface area contributed by atoms with Crippen LogP contribution in [0.1, 0.15) is 12.8 Å². The fourth-order valence-corrected chi connectivity index (χ4v) is 1.48. The fraction of sp³-hybridized carbons (Fsp3) is 1.00. The molecular weight excluding hydrogens is 176 g/mol. The quantitative estimate of drug-likeness (QED) is 0.511. The lowest BCUT2D eigenvalue weighted by molar-refractivity contribution is 0.566. The van der Waals surface area contributed by atoms with Gasteiger partial charge in [0, 0.05) is 13.1 Å². The Morgan fingerprint density at radius 3 is 2.00 bits per heavy atom. The molecule has 0 atom stereocenters. The Balaban J connectivity index is 2.00. The van der Waals surface area contributed by atoms with Gasteiger partial charge in [-0.25, -0.2) is 0 Å². The Kier molecular flexibility index (Phi) is 8.00. The zero-order chi connectivity index (χ0) is 9.90. The molecule has 0 amide bonds. The zero-order valence-corrected chi connectivity index (χ0v) is 9.02. The van der Waals surface area contributed by atoms with Crippen LogP contribution < -0.4 is 16.0 Å². The summed E-state index contributed by atoms with van der Waals surface area (Å²) in [5, 5.41) is 14.6. The van der Waals surface area contributed by atoms with Crippen molar-refractivity contribution in [2.45, 2.75) is 12.8 Å². The number of hydrogen-bond donors (Lipinski definition) is 3. The highest BCUT2D eigenvalue weighted by Gasteiger charge is 1.89. The van der Waals surface area contributed by atoms with E-state index in [4.69, 9.17) is 0 Å². The normalized spacial score (nSPS) is 24.0. The van der Waals surface area contributed by atoms with Crippen LogP contribution in [-0.4, -0.2) is 52.4 Å². The standard InChI is InChI=1S/C10H23N4/c1-3-11-7-9-13-5-2-6-14-10-8-12-4-1/h11-13H,1-10H2/q-1. The molecule has 4 heteroatoms. The molecule has 1 heterocycles. The summed E-state index contributed by atoms with van der Waals surface area (Å²) >= 11 is 0. The second kappa shape index (κ2) is 9.40. The van der Waals surface area contributed by atoms with Crippen LogP contribution in [0.2, 0.25) is 0 Å². The lowest BCUT2D eigenvalue weighted by atomic mass is 10.3. The molecule has 1 saturated heterocycles. The molecule has 0 radical (unpaired) electrons. The van der Waals surface area contributed by atoms with Gasteiger partial charge in [0.2, 0.25) is 0 Å². The van der Waals surface area contributed by atoms with E-state index in [-0.39, 0.29) is 0 Å². The number of hydrogen-bond acceptors (Lipinski definition) is 3. The third-order valence-electron chi connectivity index (χ3n) is 2.30. The fourth-order valence-electron chi connectivity index (χ4n) is 1.48. The van der Waals surface area contributed by atoms with Crippen LogP contribution in [-0.2, 0) is 0 Å². The maximum Gasteiger partial charge on any atom is 0.00767 e. The Hall–Kier alpha value is -0.160. The first kappa shape index (κ1) is 11.9. The molecule has 0 aromatic rings. The summed E-state index contributed by atoms with van der Waals surface area (Å²) in [6.45, 7) is 8.48. The van der Waals surface area contributed by atoms with Crippen molar-refractivity contribution >= 4 is 0 Å². The van der Waals surface area contributed by atoms with E-state index in [1.54, 1.807) is 0 Å². The minimum absolute atomic E-state index is 0.966. The van der Waals surface area contributed by atoms with E-state index >= 15 is 0 Å². The van der Waals surface area contributed by atoms with Crippen molar-refractivity contribution in [2.24, 2.45) is 0 Å². The first-order valence-electron chi connectivity index (χ1n) is 5.75. The smallest absolute Gasteiger partial charge is 0.00767 e. The molecule has 0 spiro atoms. The van der Waals surface area contributed by atoms with Gasteiger partial charge in [-0.3, -0.25) is 0 Å². The van der Waals surface area contributed by atoms with Crippen molar-refractivity contribution in [3.8, 4) is 0 Å². The van der Waals surface area contributed by atoms with Gasteiger partial charge in [0.25, 0.3) is 0 Å². The van der Waals surface area contributed by atoms with Gasteiger partial charge in [0.15, 0.2) is 0 Å². The number of nitrogens with one attached hydrogen (secondary N) is 3. The number of nitrogens with zero attached hydrogens (tertiary/aromatic N) is 1. The summed E-state index contributed by atoms with van der Waals surface area (Å²) in [6.07, 6.45) is 2.38.